The highest BCUT2D eigenvalue weighted by Gasteiger charge is 2.26. The average Bonchev–Trinajstić information content (AvgIpc) is 3.12. The van der Waals surface area contributed by atoms with Crippen LogP contribution in [0.3, 0.4) is 0 Å². The number of carbonyl (C=O) groups is 2. The third-order valence-corrected chi connectivity index (χ3v) is 7.19. The summed E-state index contributed by atoms with van der Waals surface area (Å²) in [5.41, 5.74) is 0. The van der Waals surface area contributed by atoms with Crippen molar-refractivity contribution in [3.63, 3.8) is 0 Å². The van der Waals surface area contributed by atoms with Crippen molar-refractivity contribution >= 4 is 40.1 Å². The number of likely N-dealkylation sites (tertiary alicyclic amines) is 1. The van der Waals surface area contributed by atoms with Gasteiger partial charge in [0.15, 0.2) is 10.9 Å². The number of aromatic nitrogens is 2. The van der Waals surface area contributed by atoms with Crippen LogP contribution in [0.4, 0.5) is 5.13 Å². The lowest BCUT2D eigenvalue weighted by Gasteiger charge is -2.34. The number of hydrogen-bond donors (Lipinski definition) is 1. The lowest BCUT2D eigenvalue weighted by molar-refractivity contribution is -0.151. The normalized spacial score (nSPS) is 23.4. The van der Waals surface area contributed by atoms with Crippen LogP contribution in [0.2, 0.25) is 0 Å². The predicted molar refractivity (Wildman–Crippen MR) is 112 cm³/mol. The van der Waals surface area contributed by atoms with Gasteiger partial charge in [-0.05, 0) is 31.1 Å². The molecule has 1 aromatic rings. The first-order chi connectivity index (χ1) is 13.5. The summed E-state index contributed by atoms with van der Waals surface area (Å²) in [6.07, 6.45) is 7.33. The number of ether oxygens (including phenoxy) is 1. The molecule has 0 radical (unpaired) electrons. The monoisotopic (exact) mass is 426 g/mol. The van der Waals surface area contributed by atoms with Crippen LogP contribution in [0, 0.1) is 11.8 Å². The third-order valence-electron chi connectivity index (χ3n) is 5.23. The van der Waals surface area contributed by atoms with E-state index in [0.717, 1.165) is 29.0 Å². The van der Waals surface area contributed by atoms with Crippen LogP contribution >= 0.6 is 23.1 Å². The minimum atomic E-state index is -0.395. The molecular formula is C19H30N4O3S2. The molecule has 2 aliphatic rings. The van der Waals surface area contributed by atoms with Crippen LogP contribution in [0.5, 0.6) is 0 Å². The van der Waals surface area contributed by atoms with Crippen molar-refractivity contribution in [1.29, 1.82) is 0 Å². The van der Waals surface area contributed by atoms with Crippen LogP contribution in [-0.4, -0.2) is 58.5 Å². The lowest BCUT2D eigenvalue weighted by Crippen LogP contribution is -2.44. The second kappa shape index (κ2) is 10.4. The van der Waals surface area contributed by atoms with Gasteiger partial charge in [-0.25, -0.2) is 0 Å². The highest BCUT2D eigenvalue weighted by atomic mass is 32.2. The molecule has 1 amide bonds. The van der Waals surface area contributed by atoms with E-state index in [9.17, 15) is 9.59 Å². The van der Waals surface area contributed by atoms with Gasteiger partial charge in [0.1, 0.15) is 0 Å². The highest BCUT2D eigenvalue weighted by molar-refractivity contribution is 8.01. The molecule has 0 spiro atoms. The SMILES string of the molecule is C[C@@H]1C[C@H](C)CN(C(=O)COC(=O)CSc2nnc(NC3CCCCC3)s2)C1. The number of carbonyl (C=O) groups excluding carboxylic acids is 2. The van der Waals surface area contributed by atoms with Crippen molar-refractivity contribution in [3.8, 4) is 0 Å². The molecule has 7 nitrogen and oxygen atoms in total. The molecule has 1 aliphatic carbocycles. The Morgan fingerprint density at radius 2 is 1.89 bits per heavy atom. The van der Waals surface area contributed by atoms with Crippen LogP contribution in [0.15, 0.2) is 4.34 Å². The summed E-state index contributed by atoms with van der Waals surface area (Å²) in [6, 6.07) is 0.482. The summed E-state index contributed by atoms with van der Waals surface area (Å²) in [6.45, 7) is 5.62. The first kappa shape index (κ1) is 21.4. The fourth-order valence-corrected chi connectivity index (χ4v) is 5.64. The second-order valence-electron chi connectivity index (χ2n) is 8.05. The molecule has 2 fully saturated rings. The molecule has 1 aliphatic heterocycles. The van der Waals surface area contributed by atoms with E-state index in [1.54, 1.807) is 0 Å². The summed E-state index contributed by atoms with van der Waals surface area (Å²) < 4.78 is 5.90. The van der Waals surface area contributed by atoms with Gasteiger partial charge in [0.05, 0.1) is 5.75 Å². The number of nitrogens with one attached hydrogen (secondary N) is 1. The predicted octanol–water partition coefficient (Wildman–Crippen LogP) is 3.42. The van der Waals surface area contributed by atoms with Gasteiger partial charge in [0, 0.05) is 19.1 Å². The molecule has 156 valence electrons. The molecule has 0 aromatic carbocycles. The maximum atomic E-state index is 12.3. The van der Waals surface area contributed by atoms with Crippen molar-refractivity contribution in [2.24, 2.45) is 11.8 Å². The summed E-state index contributed by atoms with van der Waals surface area (Å²) in [4.78, 5) is 26.1. The summed E-state index contributed by atoms with van der Waals surface area (Å²) >= 11 is 2.77. The molecule has 1 saturated carbocycles. The molecule has 9 heteroatoms. The fraction of sp³-hybridized carbons (Fsp3) is 0.789. The lowest BCUT2D eigenvalue weighted by atomic mass is 9.92. The number of piperidine rings is 1. The maximum absolute atomic E-state index is 12.3. The largest absolute Gasteiger partial charge is 0.455 e. The molecule has 1 N–H and O–H groups in total. The Kier molecular flexibility index (Phi) is 7.96. The zero-order valence-corrected chi connectivity index (χ0v) is 18.3. The number of amides is 1. The second-order valence-corrected chi connectivity index (χ2v) is 10.2. The van der Waals surface area contributed by atoms with Crippen molar-refractivity contribution in [1.82, 2.24) is 15.1 Å². The molecular weight excluding hydrogens is 396 g/mol. The smallest absolute Gasteiger partial charge is 0.316 e. The fourth-order valence-electron chi connectivity index (χ4n) is 4.01. The molecule has 0 unspecified atom stereocenters. The quantitative estimate of drug-likeness (QED) is 0.528. The number of rotatable bonds is 7. The molecule has 3 rings (SSSR count). The number of hydrogen-bond acceptors (Lipinski definition) is 8. The van der Waals surface area contributed by atoms with E-state index in [2.05, 4.69) is 29.4 Å². The Bertz CT molecular complexity index is 653. The summed E-state index contributed by atoms with van der Waals surface area (Å²) in [5.74, 6) is 0.624. The van der Waals surface area contributed by atoms with Gasteiger partial charge in [0.25, 0.3) is 5.91 Å². The van der Waals surface area contributed by atoms with Crippen LogP contribution in [-0.2, 0) is 14.3 Å². The number of thioether (sulfide) groups is 1. The van der Waals surface area contributed by atoms with Gasteiger partial charge in [-0.3, -0.25) is 9.59 Å². The van der Waals surface area contributed by atoms with Crippen LogP contribution < -0.4 is 5.32 Å². The van der Waals surface area contributed by atoms with E-state index in [4.69, 9.17) is 4.74 Å². The minimum Gasteiger partial charge on any atom is -0.455 e. The Morgan fingerprint density at radius 3 is 2.61 bits per heavy atom. The molecule has 1 saturated heterocycles. The van der Waals surface area contributed by atoms with Crippen molar-refractivity contribution < 1.29 is 14.3 Å². The third kappa shape index (κ3) is 6.62. The van der Waals surface area contributed by atoms with E-state index in [0.29, 0.717) is 17.9 Å². The van der Waals surface area contributed by atoms with Crippen molar-refractivity contribution in [2.75, 3.05) is 30.8 Å². The van der Waals surface area contributed by atoms with Gasteiger partial charge < -0.3 is 15.0 Å². The summed E-state index contributed by atoms with van der Waals surface area (Å²) in [5, 5.41) is 12.5. The van der Waals surface area contributed by atoms with Gasteiger partial charge in [0.2, 0.25) is 5.13 Å². The van der Waals surface area contributed by atoms with E-state index >= 15 is 0 Å². The van der Waals surface area contributed by atoms with Crippen molar-refractivity contribution in [2.45, 2.75) is 62.8 Å². The van der Waals surface area contributed by atoms with E-state index in [1.807, 2.05) is 4.90 Å². The molecule has 1 aromatic heterocycles. The highest BCUT2D eigenvalue weighted by Crippen LogP contribution is 2.28. The first-order valence-electron chi connectivity index (χ1n) is 10.2. The van der Waals surface area contributed by atoms with Gasteiger partial charge in [-0.15, -0.1) is 10.2 Å². The van der Waals surface area contributed by atoms with Gasteiger partial charge >= 0.3 is 5.97 Å². The maximum Gasteiger partial charge on any atom is 0.316 e. The standard InChI is InChI=1S/C19H30N4O3S2/c1-13-8-14(2)10-23(9-13)16(24)11-26-17(25)12-27-19-22-21-18(28-19)20-15-6-4-3-5-7-15/h13-15H,3-12H2,1-2H3,(H,20,21)/t13-,14+. The number of esters is 1. The van der Waals surface area contributed by atoms with E-state index in [-0.39, 0.29) is 18.3 Å². The van der Waals surface area contributed by atoms with Gasteiger partial charge in [-0.2, -0.15) is 0 Å². The van der Waals surface area contributed by atoms with Gasteiger partial charge in [-0.1, -0.05) is 56.2 Å². The first-order valence-corrected chi connectivity index (χ1v) is 12.0. The number of nitrogens with zero attached hydrogens (tertiary/aromatic N) is 3. The minimum absolute atomic E-state index is 0.105. The Labute approximate surface area is 175 Å². The average molecular weight is 427 g/mol. The van der Waals surface area contributed by atoms with E-state index in [1.165, 1.54) is 55.2 Å². The molecule has 0 bridgehead atoms. The van der Waals surface area contributed by atoms with Crippen LogP contribution in [0.25, 0.3) is 0 Å². The Balaban J connectivity index is 1.35. The topological polar surface area (TPSA) is 84.4 Å². The Morgan fingerprint density at radius 1 is 1.18 bits per heavy atom. The zero-order valence-electron chi connectivity index (χ0n) is 16.7. The van der Waals surface area contributed by atoms with E-state index < -0.39 is 5.97 Å². The summed E-state index contributed by atoms with van der Waals surface area (Å²) in [7, 11) is 0. The number of anilines is 1. The Hall–Kier alpha value is -1.35. The van der Waals surface area contributed by atoms with Crippen molar-refractivity contribution in [3.05, 3.63) is 0 Å². The molecule has 28 heavy (non-hydrogen) atoms. The molecule has 2 atom stereocenters. The van der Waals surface area contributed by atoms with Crippen LogP contribution in [0.1, 0.15) is 52.4 Å². The molecule has 2 heterocycles. The zero-order chi connectivity index (χ0) is 19.9.